The Morgan fingerprint density at radius 3 is 1.82 bits per heavy atom. The van der Waals surface area contributed by atoms with Crippen molar-refractivity contribution in [2.75, 3.05) is 64.3 Å². The summed E-state index contributed by atoms with van der Waals surface area (Å²) in [5.74, 6) is 5.02. The van der Waals surface area contributed by atoms with E-state index in [2.05, 4.69) is 43.1 Å². The number of nitrogens with two attached hydrogens (primary N) is 1. The quantitative estimate of drug-likeness (QED) is 0.0585. The molecule has 0 atom stereocenters. The van der Waals surface area contributed by atoms with Crippen molar-refractivity contribution in [1.29, 1.82) is 0 Å². The van der Waals surface area contributed by atoms with Gasteiger partial charge in [-0.25, -0.2) is 15.4 Å². The van der Waals surface area contributed by atoms with Gasteiger partial charge < -0.3 is 29.1 Å². The molecule has 0 spiro atoms. The van der Waals surface area contributed by atoms with Crippen LogP contribution in [0, 0.1) is 25.7 Å². The van der Waals surface area contributed by atoms with Gasteiger partial charge in [0.2, 0.25) is 17.8 Å². The van der Waals surface area contributed by atoms with Crippen LogP contribution in [0.25, 0.3) is 22.1 Å². The fourth-order valence-electron chi connectivity index (χ4n) is 7.42. The smallest absolute Gasteiger partial charge is 0.276 e. The summed E-state index contributed by atoms with van der Waals surface area (Å²) in [6.07, 6.45) is 3.68. The lowest BCUT2D eigenvalue weighted by atomic mass is 10.1. The van der Waals surface area contributed by atoms with Gasteiger partial charge in [0.15, 0.2) is 0 Å². The Bertz CT molecular complexity index is 2850. The Hall–Kier alpha value is -7.54. The third-order valence-electron chi connectivity index (χ3n) is 10.5. The summed E-state index contributed by atoms with van der Waals surface area (Å²) in [7, 11) is 2.79. The molecule has 0 radical (unpaired) electrons. The van der Waals surface area contributed by atoms with Crippen molar-refractivity contribution in [3.05, 3.63) is 82.5 Å². The van der Waals surface area contributed by atoms with Crippen LogP contribution in [-0.2, 0) is 35.8 Å². The average molecular weight is 890 g/mol. The van der Waals surface area contributed by atoms with E-state index in [9.17, 15) is 19.2 Å². The number of hydrogen-bond donors (Lipinski definition) is 4. The molecule has 5 heterocycles. The number of ether oxygens (including phenoxy) is 3. The molecule has 1 saturated heterocycles. The second-order valence-electron chi connectivity index (χ2n) is 14.9. The molecule has 5 N–H and O–H groups in total. The monoisotopic (exact) mass is 889 g/mol. The molecular formula is C44H51N13O8. The summed E-state index contributed by atoms with van der Waals surface area (Å²) in [6, 6.07) is 9.56. The van der Waals surface area contributed by atoms with Crippen LogP contribution in [0.4, 0.5) is 11.9 Å². The first-order chi connectivity index (χ1) is 31.4. The first-order valence-electron chi connectivity index (χ1n) is 20.9. The van der Waals surface area contributed by atoms with Crippen LogP contribution in [0.2, 0.25) is 0 Å². The second kappa shape index (κ2) is 20.3. The minimum Gasteiger partial charge on any atom is -0.494 e. The predicted molar refractivity (Wildman–Crippen MR) is 240 cm³/mol. The molecule has 0 bridgehead atoms. The Morgan fingerprint density at radius 2 is 1.29 bits per heavy atom. The number of aryl methyl sites for hydroxylation is 4. The predicted octanol–water partition coefficient (Wildman–Crippen LogP) is 3.31. The van der Waals surface area contributed by atoms with Crippen LogP contribution in [0.5, 0.6) is 11.5 Å². The lowest BCUT2D eigenvalue weighted by Crippen LogP contribution is -2.36. The highest BCUT2D eigenvalue weighted by molar-refractivity contribution is 6.05. The number of hydrogen-bond acceptors (Lipinski definition) is 13. The minimum atomic E-state index is -0.691. The zero-order chi connectivity index (χ0) is 46.2. The van der Waals surface area contributed by atoms with Crippen molar-refractivity contribution >= 4 is 57.6 Å². The number of rotatable bonds is 17. The first-order valence-corrected chi connectivity index (χ1v) is 20.9. The molecule has 7 rings (SSSR count). The van der Waals surface area contributed by atoms with Gasteiger partial charge in [0.25, 0.3) is 17.7 Å². The van der Waals surface area contributed by atoms with Crippen molar-refractivity contribution in [2.45, 2.75) is 53.9 Å². The van der Waals surface area contributed by atoms with E-state index in [1.165, 1.54) is 26.4 Å². The van der Waals surface area contributed by atoms with E-state index in [4.69, 9.17) is 34.7 Å². The second-order valence-corrected chi connectivity index (χ2v) is 14.9. The standard InChI is InChI=1S/C44H51N13O8/c1-7-56-33(21-27(3)50-56)41(60)48-43-47-32-24-30(40(59)52-63-6)26-35(62-5)37(32)54(43)14-9-10-15-55-38-31(46-44(55)49-42(61)34-22-28(4)51-57(34)8-2)23-29(39(45)58)25-36(38)65-18-12-11-13-53-16-19-64-20-17-53/h9-10,21-26H,7-8,13-20H2,1-6H3,(H2,45,58)(H,52,59)(H,46,49,61)(H,47,48,60). The number of morpholine rings is 1. The van der Waals surface area contributed by atoms with E-state index < -0.39 is 23.6 Å². The van der Waals surface area contributed by atoms with Crippen molar-refractivity contribution < 1.29 is 38.2 Å². The van der Waals surface area contributed by atoms with Gasteiger partial charge >= 0.3 is 0 Å². The fourth-order valence-corrected chi connectivity index (χ4v) is 7.42. The number of carbonyl (C=O) groups excluding carboxylic acids is 4. The number of nitrogens with zero attached hydrogens (tertiary/aromatic N) is 9. The largest absolute Gasteiger partial charge is 0.494 e. The number of hydroxylamine groups is 1. The van der Waals surface area contributed by atoms with E-state index in [-0.39, 0.29) is 48.5 Å². The van der Waals surface area contributed by atoms with Crippen LogP contribution in [0.1, 0.15) is 66.9 Å². The fraction of sp³-hybridized carbons (Fsp3) is 0.364. The Kier molecular flexibility index (Phi) is 14.2. The van der Waals surface area contributed by atoms with E-state index in [0.717, 1.165) is 13.1 Å². The van der Waals surface area contributed by atoms with Crippen molar-refractivity contribution in [2.24, 2.45) is 5.73 Å². The van der Waals surface area contributed by atoms with Crippen LogP contribution in [0.3, 0.4) is 0 Å². The van der Waals surface area contributed by atoms with Crippen molar-refractivity contribution in [1.82, 2.24) is 49.0 Å². The zero-order valence-corrected chi connectivity index (χ0v) is 37.1. The molecule has 0 saturated carbocycles. The number of fused-ring (bicyclic) bond motifs is 2. The summed E-state index contributed by atoms with van der Waals surface area (Å²) >= 11 is 0. The molecule has 340 valence electrons. The van der Waals surface area contributed by atoms with Crippen LogP contribution < -0.4 is 31.3 Å². The van der Waals surface area contributed by atoms with Gasteiger partial charge in [-0.15, -0.1) is 0 Å². The third-order valence-corrected chi connectivity index (χ3v) is 10.5. The SMILES string of the molecule is CCn1nc(C)cc1C(=O)Nc1nc2cc(C(=O)NOC)cc(OC)c2n1CC=CCn1c(NC(=O)c2cc(C)nn2CC)nc2cc(C(N)=O)cc(OCC#CCN3CCOCC3)c21. The molecule has 0 aliphatic carbocycles. The van der Waals surface area contributed by atoms with Crippen LogP contribution in [0.15, 0.2) is 48.6 Å². The maximum Gasteiger partial charge on any atom is 0.276 e. The minimum absolute atomic E-state index is 0.00316. The molecule has 2 aromatic carbocycles. The maximum absolute atomic E-state index is 13.8. The number of aromatic nitrogens is 8. The third kappa shape index (κ3) is 10.1. The molecule has 6 aromatic rings. The Labute approximate surface area is 373 Å². The zero-order valence-electron chi connectivity index (χ0n) is 37.1. The van der Waals surface area contributed by atoms with Gasteiger partial charge in [-0.3, -0.25) is 48.9 Å². The maximum atomic E-state index is 13.8. The molecule has 0 unspecified atom stereocenters. The topological polar surface area (TPSA) is 242 Å². The summed E-state index contributed by atoms with van der Waals surface area (Å²) in [6.45, 7) is 12.0. The highest BCUT2D eigenvalue weighted by Crippen LogP contribution is 2.33. The average Bonchev–Trinajstić information content (AvgIpc) is 4.07. The van der Waals surface area contributed by atoms with E-state index in [1.807, 2.05) is 26.0 Å². The number of anilines is 2. The number of nitrogens with one attached hydrogen (secondary N) is 3. The van der Waals surface area contributed by atoms with Crippen LogP contribution >= 0.6 is 0 Å². The van der Waals surface area contributed by atoms with Gasteiger partial charge in [-0.05, 0) is 64.1 Å². The van der Waals surface area contributed by atoms with Crippen molar-refractivity contribution in [3.8, 4) is 23.3 Å². The molecule has 4 aromatic heterocycles. The molecule has 1 fully saturated rings. The molecule has 21 heteroatoms. The Balaban J connectivity index is 1.26. The van der Waals surface area contributed by atoms with Gasteiger partial charge in [0, 0.05) is 50.4 Å². The highest BCUT2D eigenvalue weighted by Gasteiger charge is 2.24. The molecule has 4 amide bonds. The lowest BCUT2D eigenvalue weighted by Gasteiger charge is -2.24. The van der Waals surface area contributed by atoms with E-state index in [1.54, 1.807) is 56.6 Å². The van der Waals surface area contributed by atoms with Gasteiger partial charge in [-0.1, -0.05) is 24.0 Å². The highest BCUT2D eigenvalue weighted by atomic mass is 16.6. The first kappa shape index (κ1) is 45.5. The number of primary amides is 1. The Morgan fingerprint density at radius 1 is 0.754 bits per heavy atom. The number of allylic oxidation sites excluding steroid dienone is 2. The molecule has 65 heavy (non-hydrogen) atoms. The lowest BCUT2D eigenvalue weighted by molar-refractivity contribution is 0.0443. The van der Waals surface area contributed by atoms with E-state index >= 15 is 0 Å². The number of methoxy groups -OCH3 is 1. The summed E-state index contributed by atoms with van der Waals surface area (Å²) < 4.78 is 24.1. The van der Waals surface area contributed by atoms with Crippen molar-refractivity contribution in [3.63, 3.8) is 0 Å². The number of carbonyl (C=O) groups is 4. The number of benzene rings is 2. The number of amides is 4. The molecule has 21 nitrogen and oxygen atoms in total. The van der Waals surface area contributed by atoms with Gasteiger partial charge in [0.05, 0.1) is 56.4 Å². The normalized spacial score (nSPS) is 13.0. The summed E-state index contributed by atoms with van der Waals surface area (Å²) in [5.41, 5.74) is 12.1. The van der Waals surface area contributed by atoms with E-state index in [0.29, 0.717) is 83.4 Å². The molecular weight excluding hydrogens is 839 g/mol. The molecule has 1 aliphatic rings. The van der Waals surface area contributed by atoms with Gasteiger partial charge in [0.1, 0.15) is 40.5 Å². The van der Waals surface area contributed by atoms with Crippen LogP contribution in [-0.4, -0.2) is 121 Å². The molecule has 1 aliphatic heterocycles. The summed E-state index contributed by atoms with van der Waals surface area (Å²) in [5, 5.41) is 14.7. The van der Waals surface area contributed by atoms with Gasteiger partial charge in [-0.2, -0.15) is 10.2 Å². The number of imidazole rings is 2. The summed E-state index contributed by atoms with van der Waals surface area (Å²) in [4.78, 5) is 69.5.